The van der Waals surface area contributed by atoms with Gasteiger partial charge in [0.1, 0.15) is 5.65 Å². The van der Waals surface area contributed by atoms with Crippen LogP contribution in [-0.4, -0.2) is 48.8 Å². The second kappa shape index (κ2) is 5.52. The number of aromatic amines is 1. The van der Waals surface area contributed by atoms with E-state index in [9.17, 15) is 0 Å². The van der Waals surface area contributed by atoms with Gasteiger partial charge in [-0.25, -0.2) is 14.5 Å². The van der Waals surface area contributed by atoms with Crippen LogP contribution in [-0.2, 0) is 4.74 Å². The molecule has 0 spiro atoms. The summed E-state index contributed by atoms with van der Waals surface area (Å²) in [7, 11) is 1.75. The zero-order valence-corrected chi connectivity index (χ0v) is 13.7. The maximum Gasteiger partial charge on any atom is 0.224 e. The fourth-order valence-electron chi connectivity index (χ4n) is 3.21. The summed E-state index contributed by atoms with van der Waals surface area (Å²) in [5.41, 5.74) is 3.45. The Bertz CT molecular complexity index is 1050. The molecule has 1 saturated carbocycles. The molecule has 4 aromatic rings. The van der Waals surface area contributed by atoms with Crippen LogP contribution in [0.5, 0.6) is 0 Å². The fourth-order valence-corrected chi connectivity index (χ4v) is 3.21. The van der Waals surface area contributed by atoms with Crippen LogP contribution in [0.15, 0.2) is 36.9 Å². The molecule has 0 radical (unpaired) electrons. The number of hydrogen-bond donors (Lipinski definition) is 2. The number of H-pyrrole nitrogens is 1. The van der Waals surface area contributed by atoms with E-state index in [1.165, 1.54) is 0 Å². The number of methoxy groups -OCH3 is 1. The van der Waals surface area contributed by atoms with Crippen LogP contribution in [0.25, 0.3) is 27.9 Å². The lowest BCUT2D eigenvalue weighted by molar-refractivity contribution is 0.0327. The Labute approximate surface area is 143 Å². The minimum atomic E-state index is 0.350. The summed E-state index contributed by atoms with van der Waals surface area (Å²) in [5, 5.41) is 8.48. The van der Waals surface area contributed by atoms with Crippen molar-refractivity contribution in [1.29, 1.82) is 0 Å². The monoisotopic (exact) mass is 335 g/mol. The van der Waals surface area contributed by atoms with Gasteiger partial charge in [0.25, 0.3) is 0 Å². The van der Waals surface area contributed by atoms with Gasteiger partial charge in [0.15, 0.2) is 5.65 Å². The first kappa shape index (κ1) is 14.4. The highest BCUT2D eigenvalue weighted by Crippen LogP contribution is 2.28. The minimum Gasteiger partial charge on any atom is -0.381 e. The average Bonchev–Trinajstić information content (AvgIpc) is 3.23. The lowest BCUT2D eigenvalue weighted by atomic mass is 9.89. The van der Waals surface area contributed by atoms with Gasteiger partial charge in [-0.15, -0.1) is 0 Å². The summed E-state index contributed by atoms with van der Waals surface area (Å²) in [6, 6.07) is 4.19. The topological polar surface area (TPSA) is 93.0 Å². The van der Waals surface area contributed by atoms with Gasteiger partial charge >= 0.3 is 0 Å². The van der Waals surface area contributed by atoms with Crippen LogP contribution in [0, 0.1) is 0 Å². The van der Waals surface area contributed by atoms with E-state index >= 15 is 0 Å². The van der Waals surface area contributed by atoms with E-state index in [1.807, 2.05) is 30.7 Å². The Morgan fingerprint density at radius 3 is 3.08 bits per heavy atom. The lowest BCUT2D eigenvalue weighted by Gasteiger charge is -2.34. The second-order valence-corrected chi connectivity index (χ2v) is 6.28. The third-order valence-corrected chi connectivity index (χ3v) is 4.73. The van der Waals surface area contributed by atoms with Crippen molar-refractivity contribution in [1.82, 2.24) is 29.5 Å². The number of nitrogens with one attached hydrogen (secondary N) is 2. The van der Waals surface area contributed by atoms with Crippen molar-refractivity contribution in [2.24, 2.45) is 0 Å². The Hall–Kier alpha value is -3.00. The Kier molecular flexibility index (Phi) is 3.17. The molecule has 0 unspecified atom stereocenters. The van der Waals surface area contributed by atoms with Gasteiger partial charge in [-0.2, -0.15) is 10.1 Å². The Morgan fingerprint density at radius 1 is 1.28 bits per heavy atom. The van der Waals surface area contributed by atoms with Crippen LogP contribution in [0.3, 0.4) is 0 Å². The zero-order valence-electron chi connectivity index (χ0n) is 13.7. The Balaban J connectivity index is 1.45. The molecule has 4 aromatic heterocycles. The normalized spacial score (nSPS) is 20.0. The highest BCUT2D eigenvalue weighted by molar-refractivity contribution is 5.92. The summed E-state index contributed by atoms with van der Waals surface area (Å²) in [6.45, 7) is 0. The first-order valence-electron chi connectivity index (χ1n) is 8.24. The summed E-state index contributed by atoms with van der Waals surface area (Å²) in [4.78, 5) is 16.9. The molecule has 2 N–H and O–H groups in total. The van der Waals surface area contributed by atoms with Gasteiger partial charge in [0, 0.05) is 48.8 Å². The number of fused-ring (bicyclic) bond motifs is 2. The first-order chi connectivity index (χ1) is 12.3. The smallest absolute Gasteiger partial charge is 0.224 e. The van der Waals surface area contributed by atoms with Crippen LogP contribution in [0.1, 0.15) is 12.8 Å². The van der Waals surface area contributed by atoms with Gasteiger partial charge in [0.2, 0.25) is 5.95 Å². The maximum atomic E-state index is 5.30. The van der Waals surface area contributed by atoms with Crippen molar-refractivity contribution >= 4 is 22.6 Å². The van der Waals surface area contributed by atoms with Gasteiger partial charge in [-0.1, -0.05) is 0 Å². The highest BCUT2D eigenvalue weighted by Gasteiger charge is 2.29. The number of nitrogens with zero attached hydrogens (tertiary/aromatic N) is 5. The van der Waals surface area contributed by atoms with Gasteiger partial charge < -0.3 is 15.0 Å². The molecule has 0 amide bonds. The highest BCUT2D eigenvalue weighted by atomic mass is 16.5. The molecule has 0 bridgehead atoms. The lowest BCUT2D eigenvalue weighted by Crippen LogP contribution is -2.40. The van der Waals surface area contributed by atoms with Crippen LogP contribution >= 0.6 is 0 Å². The van der Waals surface area contributed by atoms with Crippen molar-refractivity contribution in [3.05, 3.63) is 36.9 Å². The van der Waals surface area contributed by atoms with Crippen molar-refractivity contribution in [3.63, 3.8) is 0 Å². The summed E-state index contributed by atoms with van der Waals surface area (Å²) >= 11 is 0. The Morgan fingerprint density at radius 2 is 2.20 bits per heavy atom. The van der Waals surface area contributed by atoms with Gasteiger partial charge in [-0.05, 0) is 18.9 Å². The molecule has 8 nitrogen and oxygen atoms in total. The third-order valence-electron chi connectivity index (χ3n) is 4.73. The molecule has 1 aliphatic rings. The van der Waals surface area contributed by atoms with Crippen molar-refractivity contribution in [2.45, 2.75) is 25.0 Å². The van der Waals surface area contributed by atoms with Crippen molar-refractivity contribution < 1.29 is 4.74 Å². The standard InChI is InChI=1S/C17H17N7O/c1-25-11-6-10(7-11)21-17-19-9-13-12(8-18-16(13)23-17)14-3-5-24-15(22-14)2-4-20-24/h2-5,8-11H,6-7H2,1H3,(H2,18,19,21,23). The molecule has 5 rings (SSSR count). The first-order valence-corrected chi connectivity index (χ1v) is 8.24. The van der Waals surface area contributed by atoms with Crippen molar-refractivity contribution in [2.75, 3.05) is 12.4 Å². The van der Waals surface area contributed by atoms with Crippen LogP contribution in [0.2, 0.25) is 0 Å². The number of aromatic nitrogens is 6. The predicted octanol–water partition coefficient (Wildman–Crippen LogP) is 2.26. The predicted molar refractivity (Wildman–Crippen MR) is 93.3 cm³/mol. The molecule has 8 heteroatoms. The van der Waals surface area contributed by atoms with Crippen molar-refractivity contribution in [3.8, 4) is 11.3 Å². The molecular weight excluding hydrogens is 318 g/mol. The van der Waals surface area contributed by atoms with E-state index in [-0.39, 0.29) is 0 Å². The van der Waals surface area contributed by atoms with E-state index < -0.39 is 0 Å². The summed E-state index contributed by atoms with van der Waals surface area (Å²) < 4.78 is 7.04. The van der Waals surface area contributed by atoms with E-state index in [4.69, 9.17) is 4.74 Å². The average molecular weight is 335 g/mol. The SMILES string of the molecule is COC1CC(Nc2ncc3c(-c4ccn5nccc5n4)c[nH]c3n2)C1. The van der Waals surface area contributed by atoms with E-state index in [1.54, 1.807) is 17.8 Å². The summed E-state index contributed by atoms with van der Waals surface area (Å²) in [5.74, 6) is 0.639. The number of ether oxygens (including phenoxy) is 1. The molecule has 126 valence electrons. The number of hydrogen-bond acceptors (Lipinski definition) is 6. The zero-order chi connectivity index (χ0) is 16.8. The number of rotatable bonds is 4. The maximum absolute atomic E-state index is 5.30. The quantitative estimate of drug-likeness (QED) is 0.594. The third kappa shape index (κ3) is 2.42. The molecule has 0 aromatic carbocycles. The molecule has 1 aliphatic carbocycles. The fraction of sp³-hybridized carbons (Fsp3) is 0.294. The molecular formula is C17H17N7O. The molecule has 25 heavy (non-hydrogen) atoms. The number of anilines is 1. The van der Waals surface area contributed by atoms with Crippen LogP contribution in [0.4, 0.5) is 5.95 Å². The molecule has 4 heterocycles. The summed E-state index contributed by atoms with van der Waals surface area (Å²) in [6.07, 6.45) is 9.72. The van der Waals surface area contributed by atoms with Crippen LogP contribution < -0.4 is 5.32 Å². The molecule has 0 saturated heterocycles. The minimum absolute atomic E-state index is 0.350. The molecule has 0 atom stereocenters. The largest absolute Gasteiger partial charge is 0.381 e. The molecule has 0 aliphatic heterocycles. The van der Waals surface area contributed by atoms with Gasteiger partial charge in [-0.3, -0.25) is 0 Å². The van der Waals surface area contributed by atoms with E-state index in [0.29, 0.717) is 18.1 Å². The molecule has 1 fully saturated rings. The van der Waals surface area contributed by atoms with E-state index in [2.05, 4.69) is 30.4 Å². The van der Waals surface area contributed by atoms with Gasteiger partial charge in [0.05, 0.1) is 18.0 Å². The second-order valence-electron chi connectivity index (χ2n) is 6.28. The van der Waals surface area contributed by atoms with E-state index in [0.717, 1.165) is 40.8 Å².